The summed E-state index contributed by atoms with van der Waals surface area (Å²) in [6, 6.07) is 17.3. The van der Waals surface area contributed by atoms with Crippen molar-refractivity contribution in [2.45, 2.75) is 37.4 Å². The third-order valence-corrected chi connectivity index (χ3v) is 6.44. The highest BCUT2D eigenvalue weighted by atomic mass is 32.2. The first-order valence-electron chi connectivity index (χ1n) is 10.4. The molecule has 1 amide bonds. The van der Waals surface area contributed by atoms with Gasteiger partial charge in [0.1, 0.15) is 6.54 Å². The van der Waals surface area contributed by atoms with E-state index in [9.17, 15) is 9.59 Å². The van der Waals surface area contributed by atoms with Crippen LogP contribution in [0.3, 0.4) is 0 Å². The van der Waals surface area contributed by atoms with Crippen LogP contribution in [0.5, 0.6) is 0 Å². The van der Waals surface area contributed by atoms with Crippen LogP contribution in [0, 0.1) is 0 Å². The summed E-state index contributed by atoms with van der Waals surface area (Å²) in [7, 11) is 0. The van der Waals surface area contributed by atoms with Gasteiger partial charge < -0.3 is 5.32 Å². The fraction of sp³-hybridized carbons (Fsp3) is 0.250. The smallest absolute Gasteiger partial charge is 0.265 e. The number of nitrogens with zero attached hydrogens (tertiary/aromatic N) is 4. The van der Waals surface area contributed by atoms with Crippen LogP contribution < -0.4 is 10.9 Å². The van der Waals surface area contributed by atoms with E-state index in [1.807, 2.05) is 54.8 Å². The summed E-state index contributed by atoms with van der Waals surface area (Å²) in [4.78, 5) is 31.3. The fourth-order valence-corrected chi connectivity index (χ4v) is 4.95. The summed E-state index contributed by atoms with van der Waals surface area (Å²) >= 11 is 1.36. The minimum atomic E-state index is -0.364. The molecular weight excluding hydrogens is 422 g/mol. The number of thioether (sulfide) groups is 1. The van der Waals surface area contributed by atoms with Gasteiger partial charge in [0.05, 0.1) is 11.3 Å². The van der Waals surface area contributed by atoms with Crippen LogP contribution in [-0.2, 0) is 23.2 Å². The Morgan fingerprint density at radius 1 is 1.12 bits per heavy atom. The summed E-state index contributed by atoms with van der Waals surface area (Å²) in [5, 5.41) is 7.93. The van der Waals surface area contributed by atoms with Crippen LogP contribution in [0.25, 0.3) is 17.0 Å². The van der Waals surface area contributed by atoms with Crippen molar-refractivity contribution < 1.29 is 4.79 Å². The minimum Gasteiger partial charge on any atom is -0.324 e. The second kappa shape index (κ2) is 7.63. The second-order valence-corrected chi connectivity index (χ2v) is 9.33. The van der Waals surface area contributed by atoms with Crippen molar-refractivity contribution in [1.29, 1.82) is 0 Å². The molecule has 0 saturated heterocycles. The Hall–Kier alpha value is -3.39. The van der Waals surface area contributed by atoms with Crippen molar-refractivity contribution >= 4 is 29.1 Å². The molecule has 1 N–H and O–H groups in total. The quantitative estimate of drug-likeness (QED) is 0.484. The summed E-state index contributed by atoms with van der Waals surface area (Å²) in [5.74, 6) is 0.135. The number of fused-ring (bicyclic) bond motifs is 4. The van der Waals surface area contributed by atoms with Gasteiger partial charge in [0.15, 0.2) is 5.16 Å². The highest BCUT2D eigenvalue weighted by Gasteiger charge is 2.36. The molecule has 0 aliphatic heterocycles. The molecule has 162 valence electrons. The molecule has 1 aliphatic carbocycles. The molecule has 2 aromatic heterocycles. The van der Waals surface area contributed by atoms with Crippen molar-refractivity contribution in [2.24, 2.45) is 0 Å². The van der Waals surface area contributed by atoms with Gasteiger partial charge in [-0.15, -0.1) is 5.10 Å². The number of amides is 1. The zero-order chi connectivity index (χ0) is 22.5. The predicted octanol–water partition coefficient (Wildman–Crippen LogP) is 3.75. The van der Waals surface area contributed by atoms with E-state index in [0.29, 0.717) is 27.9 Å². The third kappa shape index (κ3) is 3.31. The first-order chi connectivity index (χ1) is 15.4. The van der Waals surface area contributed by atoms with E-state index in [4.69, 9.17) is 4.98 Å². The number of hydrogen-bond donors (Lipinski definition) is 1. The monoisotopic (exact) mass is 445 g/mol. The maximum Gasteiger partial charge on any atom is 0.265 e. The molecule has 2 heterocycles. The van der Waals surface area contributed by atoms with Crippen LogP contribution >= 0.6 is 11.8 Å². The Bertz CT molecular complexity index is 1410. The lowest BCUT2D eigenvalue weighted by Gasteiger charge is -2.32. The topological polar surface area (TPSA) is 81.3 Å². The Balaban J connectivity index is 1.67. The Morgan fingerprint density at radius 3 is 2.59 bits per heavy atom. The van der Waals surface area contributed by atoms with Crippen molar-refractivity contribution in [3.8, 4) is 11.3 Å². The zero-order valence-electron chi connectivity index (χ0n) is 18.1. The predicted molar refractivity (Wildman–Crippen MR) is 126 cm³/mol. The average molecular weight is 446 g/mol. The molecule has 32 heavy (non-hydrogen) atoms. The molecule has 1 aliphatic rings. The molecule has 0 spiro atoms. The van der Waals surface area contributed by atoms with E-state index in [1.54, 1.807) is 0 Å². The standard InChI is InChI=1S/C24H23N5O2S/c1-24(2)13-15-9-7-8-12-17(15)20-19(24)21(31)29-22(26-20)28(27-23(29)32-3)14-18(30)25-16-10-5-4-6-11-16/h4-12H,13-14H2,1-3H3,(H,25,30). The van der Waals surface area contributed by atoms with Gasteiger partial charge in [-0.25, -0.2) is 14.1 Å². The normalized spacial score (nSPS) is 14.1. The number of carbonyl (C=O) groups is 1. The van der Waals surface area contributed by atoms with Gasteiger partial charge in [0, 0.05) is 16.7 Å². The summed E-state index contributed by atoms with van der Waals surface area (Å²) in [5.41, 5.74) is 3.72. The number of carbonyl (C=O) groups excluding carboxylic acids is 1. The van der Waals surface area contributed by atoms with Crippen molar-refractivity contribution in [1.82, 2.24) is 19.2 Å². The molecule has 0 atom stereocenters. The molecule has 0 fully saturated rings. The summed E-state index contributed by atoms with van der Waals surface area (Å²) in [6.45, 7) is 4.11. The molecular formula is C24H23N5O2S. The van der Waals surface area contributed by atoms with E-state index in [0.717, 1.165) is 12.0 Å². The number of para-hydroxylation sites is 1. The largest absolute Gasteiger partial charge is 0.324 e. The Kier molecular flexibility index (Phi) is 4.89. The number of anilines is 1. The molecule has 0 bridgehead atoms. The van der Waals surface area contributed by atoms with Crippen molar-refractivity contribution in [2.75, 3.05) is 11.6 Å². The molecule has 0 unspecified atom stereocenters. The Morgan fingerprint density at radius 2 is 1.84 bits per heavy atom. The fourth-order valence-electron chi connectivity index (χ4n) is 4.42. The van der Waals surface area contributed by atoms with E-state index >= 15 is 0 Å². The van der Waals surface area contributed by atoms with Gasteiger partial charge in [-0.2, -0.15) is 0 Å². The minimum absolute atomic E-state index is 0.0464. The van der Waals surface area contributed by atoms with Gasteiger partial charge >= 0.3 is 0 Å². The molecule has 4 aromatic rings. The number of nitrogens with one attached hydrogen (secondary N) is 1. The molecule has 0 radical (unpaired) electrons. The summed E-state index contributed by atoms with van der Waals surface area (Å²) < 4.78 is 3.05. The highest BCUT2D eigenvalue weighted by molar-refractivity contribution is 7.98. The first kappa shape index (κ1) is 20.5. The maximum absolute atomic E-state index is 13.7. The third-order valence-electron chi connectivity index (χ3n) is 5.81. The van der Waals surface area contributed by atoms with E-state index in [-0.39, 0.29) is 23.4 Å². The molecule has 7 nitrogen and oxygen atoms in total. The van der Waals surface area contributed by atoms with E-state index in [2.05, 4.69) is 30.3 Å². The van der Waals surface area contributed by atoms with Crippen LogP contribution in [-0.4, -0.2) is 31.3 Å². The number of rotatable bonds is 4. The Labute approximate surface area is 189 Å². The van der Waals surface area contributed by atoms with Crippen molar-refractivity contribution in [3.05, 3.63) is 76.1 Å². The first-order valence-corrected chi connectivity index (χ1v) is 11.6. The van der Waals surface area contributed by atoms with Gasteiger partial charge in [-0.1, -0.05) is 68.1 Å². The SMILES string of the molecule is CSc1nn(CC(=O)Nc2ccccc2)c2nc3c(c(=O)n12)C(C)(C)Cc1ccccc1-3. The van der Waals surface area contributed by atoms with Gasteiger partial charge in [-0.05, 0) is 30.4 Å². The van der Waals surface area contributed by atoms with E-state index < -0.39 is 0 Å². The molecule has 0 saturated carbocycles. The van der Waals surface area contributed by atoms with Gasteiger partial charge in [0.25, 0.3) is 5.56 Å². The number of aromatic nitrogens is 4. The number of hydrogen-bond acceptors (Lipinski definition) is 5. The van der Waals surface area contributed by atoms with E-state index in [1.165, 1.54) is 26.4 Å². The van der Waals surface area contributed by atoms with Crippen LogP contribution in [0.15, 0.2) is 64.5 Å². The molecule has 5 rings (SSSR count). The summed E-state index contributed by atoms with van der Waals surface area (Å²) in [6.07, 6.45) is 2.63. The molecule has 2 aromatic carbocycles. The second-order valence-electron chi connectivity index (χ2n) is 8.55. The van der Waals surface area contributed by atoms with Gasteiger partial charge in [0.2, 0.25) is 11.7 Å². The van der Waals surface area contributed by atoms with Crippen LogP contribution in [0.1, 0.15) is 25.0 Å². The average Bonchev–Trinajstić information content (AvgIpc) is 3.11. The molecule has 8 heteroatoms. The lowest BCUT2D eigenvalue weighted by molar-refractivity contribution is -0.116. The highest BCUT2D eigenvalue weighted by Crippen LogP contribution is 2.40. The maximum atomic E-state index is 13.7. The lowest BCUT2D eigenvalue weighted by Crippen LogP contribution is -2.36. The number of benzene rings is 2. The van der Waals surface area contributed by atoms with Crippen LogP contribution in [0.4, 0.5) is 5.69 Å². The zero-order valence-corrected chi connectivity index (χ0v) is 18.9. The van der Waals surface area contributed by atoms with Crippen LogP contribution in [0.2, 0.25) is 0 Å². The lowest BCUT2D eigenvalue weighted by atomic mass is 9.72. The van der Waals surface area contributed by atoms with Gasteiger partial charge in [-0.3, -0.25) is 9.59 Å². The van der Waals surface area contributed by atoms with Crippen molar-refractivity contribution in [3.63, 3.8) is 0 Å².